The number of piperazine rings is 1. The Kier molecular flexibility index (Phi) is 4.01. The van der Waals surface area contributed by atoms with Gasteiger partial charge >= 0.3 is 0 Å². The van der Waals surface area contributed by atoms with Crippen molar-refractivity contribution in [2.75, 3.05) is 36.4 Å². The van der Waals surface area contributed by atoms with Crippen LogP contribution in [0.3, 0.4) is 0 Å². The fourth-order valence-corrected chi connectivity index (χ4v) is 3.66. The van der Waals surface area contributed by atoms with E-state index in [1.807, 2.05) is 36.5 Å². The van der Waals surface area contributed by atoms with Crippen molar-refractivity contribution in [2.24, 2.45) is 4.99 Å². The third-order valence-electron chi connectivity index (χ3n) is 4.16. The fraction of sp³-hybridized carbons (Fsp3) is 0.235. The van der Waals surface area contributed by atoms with E-state index in [1.54, 1.807) is 0 Å². The number of rotatable bonds is 1. The first-order chi connectivity index (χ1) is 11.2. The van der Waals surface area contributed by atoms with Gasteiger partial charge in [0.1, 0.15) is 0 Å². The Balaban J connectivity index is 1.82. The Morgan fingerprint density at radius 1 is 1.09 bits per heavy atom. The summed E-state index contributed by atoms with van der Waals surface area (Å²) in [5.74, 6) is 0. The summed E-state index contributed by atoms with van der Waals surface area (Å²) in [5.41, 5.74) is 5.06. The lowest BCUT2D eigenvalue weighted by Crippen LogP contribution is -2.44. The molecule has 23 heavy (non-hydrogen) atoms. The minimum absolute atomic E-state index is 0.769. The molecule has 2 aliphatic heterocycles. The molecule has 2 aromatic rings. The standard InChI is InChI=1S/C17H16BrClN4/c18-11-1-3-15-16(9-11)21-10-12-14(22-15)4-2-13(19)17(12)23-7-5-20-6-8-23/h1-4,9-10,20,22H,5-8H2. The lowest BCUT2D eigenvalue weighted by molar-refractivity contribution is 0.589. The van der Waals surface area contributed by atoms with Crippen LogP contribution in [0.15, 0.2) is 39.8 Å². The summed E-state index contributed by atoms with van der Waals surface area (Å²) < 4.78 is 1.02. The van der Waals surface area contributed by atoms with E-state index in [9.17, 15) is 0 Å². The van der Waals surface area contributed by atoms with Crippen LogP contribution in [-0.2, 0) is 0 Å². The summed E-state index contributed by atoms with van der Waals surface area (Å²) in [5, 5.41) is 7.64. The van der Waals surface area contributed by atoms with Crippen molar-refractivity contribution in [3.63, 3.8) is 0 Å². The predicted octanol–water partition coefficient (Wildman–Crippen LogP) is 4.32. The van der Waals surface area contributed by atoms with Gasteiger partial charge in [-0.15, -0.1) is 0 Å². The van der Waals surface area contributed by atoms with Crippen LogP contribution in [0, 0.1) is 0 Å². The molecule has 0 atom stereocenters. The zero-order valence-electron chi connectivity index (χ0n) is 12.4. The van der Waals surface area contributed by atoms with E-state index in [2.05, 4.69) is 36.5 Å². The molecule has 0 amide bonds. The van der Waals surface area contributed by atoms with E-state index < -0.39 is 0 Å². The fourth-order valence-electron chi connectivity index (χ4n) is 3.03. The van der Waals surface area contributed by atoms with Gasteiger partial charge in [0.25, 0.3) is 0 Å². The second-order valence-electron chi connectivity index (χ2n) is 5.64. The Morgan fingerprint density at radius 3 is 2.70 bits per heavy atom. The van der Waals surface area contributed by atoms with Gasteiger partial charge < -0.3 is 15.5 Å². The normalized spacial score (nSPS) is 16.3. The Labute approximate surface area is 148 Å². The van der Waals surface area contributed by atoms with Crippen LogP contribution in [0.4, 0.5) is 22.7 Å². The molecule has 1 saturated heterocycles. The maximum Gasteiger partial charge on any atom is 0.0875 e. The molecular formula is C17H16BrClN4. The second-order valence-corrected chi connectivity index (χ2v) is 6.96. The number of hydrogen-bond donors (Lipinski definition) is 2. The number of anilines is 3. The average molecular weight is 392 g/mol. The molecule has 0 bridgehead atoms. The summed E-state index contributed by atoms with van der Waals surface area (Å²) in [4.78, 5) is 7.00. The molecule has 4 nitrogen and oxygen atoms in total. The minimum Gasteiger partial charge on any atom is -0.367 e. The molecule has 6 heteroatoms. The van der Waals surface area contributed by atoms with Crippen molar-refractivity contribution in [3.05, 3.63) is 45.4 Å². The molecule has 0 aliphatic carbocycles. The number of nitrogens with zero attached hydrogens (tertiary/aromatic N) is 2. The van der Waals surface area contributed by atoms with E-state index in [0.29, 0.717) is 0 Å². The highest BCUT2D eigenvalue weighted by Gasteiger charge is 2.21. The molecule has 2 heterocycles. The minimum atomic E-state index is 0.769. The van der Waals surface area contributed by atoms with E-state index in [1.165, 1.54) is 0 Å². The van der Waals surface area contributed by atoms with Crippen molar-refractivity contribution < 1.29 is 0 Å². The highest BCUT2D eigenvalue weighted by atomic mass is 79.9. The van der Waals surface area contributed by atoms with Crippen molar-refractivity contribution in [1.82, 2.24) is 5.32 Å². The molecule has 2 aliphatic rings. The van der Waals surface area contributed by atoms with Gasteiger partial charge in [0.15, 0.2) is 0 Å². The highest BCUT2D eigenvalue weighted by Crippen LogP contribution is 2.40. The number of aliphatic imine (C=N–C) groups is 1. The predicted molar refractivity (Wildman–Crippen MR) is 101 cm³/mol. The van der Waals surface area contributed by atoms with Crippen LogP contribution in [-0.4, -0.2) is 32.4 Å². The zero-order valence-corrected chi connectivity index (χ0v) is 14.8. The number of fused-ring (bicyclic) bond motifs is 2. The van der Waals surface area contributed by atoms with Crippen LogP contribution in [0.25, 0.3) is 0 Å². The maximum atomic E-state index is 6.53. The zero-order chi connectivity index (χ0) is 15.8. The lowest BCUT2D eigenvalue weighted by Gasteiger charge is -2.32. The summed E-state index contributed by atoms with van der Waals surface area (Å²) in [6, 6.07) is 10.0. The van der Waals surface area contributed by atoms with E-state index >= 15 is 0 Å². The molecule has 118 valence electrons. The van der Waals surface area contributed by atoms with Crippen LogP contribution in [0.1, 0.15) is 5.56 Å². The number of benzene rings is 2. The third kappa shape index (κ3) is 2.84. The van der Waals surface area contributed by atoms with Crippen LogP contribution in [0.2, 0.25) is 5.02 Å². The summed E-state index contributed by atoms with van der Waals surface area (Å²) >= 11 is 10.0. The van der Waals surface area contributed by atoms with Crippen molar-refractivity contribution in [1.29, 1.82) is 0 Å². The van der Waals surface area contributed by atoms with E-state index in [0.717, 1.165) is 64.0 Å². The van der Waals surface area contributed by atoms with Gasteiger partial charge in [-0.3, -0.25) is 4.99 Å². The van der Waals surface area contributed by atoms with Crippen LogP contribution in [0.5, 0.6) is 0 Å². The summed E-state index contributed by atoms with van der Waals surface area (Å²) in [7, 11) is 0. The van der Waals surface area contributed by atoms with E-state index in [4.69, 9.17) is 11.6 Å². The molecule has 2 N–H and O–H groups in total. The van der Waals surface area contributed by atoms with Crippen LogP contribution >= 0.6 is 27.5 Å². The molecule has 0 radical (unpaired) electrons. The summed E-state index contributed by atoms with van der Waals surface area (Å²) in [6.07, 6.45) is 1.92. The number of hydrogen-bond acceptors (Lipinski definition) is 4. The smallest absolute Gasteiger partial charge is 0.0875 e. The monoisotopic (exact) mass is 390 g/mol. The third-order valence-corrected chi connectivity index (χ3v) is 4.96. The Bertz CT molecular complexity index is 784. The maximum absolute atomic E-state index is 6.53. The van der Waals surface area contributed by atoms with Gasteiger partial charge in [0.05, 0.1) is 22.1 Å². The first kappa shape index (κ1) is 15.0. The molecule has 4 rings (SSSR count). The Morgan fingerprint density at radius 2 is 1.87 bits per heavy atom. The van der Waals surface area contributed by atoms with Gasteiger partial charge in [0.2, 0.25) is 0 Å². The molecule has 0 spiro atoms. The van der Waals surface area contributed by atoms with Gasteiger partial charge in [-0.1, -0.05) is 27.5 Å². The molecule has 0 saturated carbocycles. The quantitative estimate of drug-likeness (QED) is 0.649. The van der Waals surface area contributed by atoms with E-state index in [-0.39, 0.29) is 0 Å². The first-order valence-electron chi connectivity index (χ1n) is 7.61. The largest absolute Gasteiger partial charge is 0.367 e. The van der Waals surface area contributed by atoms with Crippen molar-refractivity contribution in [3.8, 4) is 0 Å². The molecule has 2 aromatic carbocycles. The van der Waals surface area contributed by atoms with Crippen LogP contribution < -0.4 is 15.5 Å². The van der Waals surface area contributed by atoms with Gasteiger partial charge in [-0.25, -0.2) is 0 Å². The molecular weight excluding hydrogens is 376 g/mol. The van der Waals surface area contributed by atoms with Crippen molar-refractivity contribution in [2.45, 2.75) is 0 Å². The first-order valence-corrected chi connectivity index (χ1v) is 8.78. The second kappa shape index (κ2) is 6.15. The number of halogens is 2. The molecule has 0 aromatic heterocycles. The van der Waals surface area contributed by atoms with Gasteiger partial charge in [-0.05, 0) is 30.3 Å². The van der Waals surface area contributed by atoms with Gasteiger partial charge in [0, 0.05) is 48.1 Å². The topological polar surface area (TPSA) is 39.7 Å². The molecule has 0 unspecified atom stereocenters. The Hall–Kier alpha value is -1.56. The SMILES string of the molecule is Clc1ccc2c(c1N1CCNCC1)C=Nc1cc(Br)ccc1N2. The molecule has 1 fully saturated rings. The van der Waals surface area contributed by atoms with Crippen molar-refractivity contribution >= 4 is 56.5 Å². The van der Waals surface area contributed by atoms with Gasteiger partial charge in [-0.2, -0.15) is 0 Å². The lowest BCUT2D eigenvalue weighted by atomic mass is 10.1. The summed E-state index contributed by atoms with van der Waals surface area (Å²) in [6.45, 7) is 3.83. The average Bonchev–Trinajstić information content (AvgIpc) is 2.75. The number of nitrogens with one attached hydrogen (secondary N) is 2. The highest BCUT2D eigenvalue weighted by molar-refractivity contribution is 9.10.